The lowest BCUT2D eigenvalue weighted by molar-refractivity contribution is -0.384. The first kappa shape index (κ1) is 19.0. The van der Waals surface area contributed by atoms with E-state index in [-0.39, 0.29) is 22.8 Å². The van der Waals surface area contributed by atoms with Crippen molar-refractivity contribution in [1.82, 2.24) is 9.78 Å². The van der Waals surface area contributed by atoms with Gasteiger partial charge in [-0.2, -0.15) is 13.9 Å². The lowest BCUT2D eigenvalue weighted by atomic mass is 10.2. The molecule has 0 saturated heterocycles. The standard InChI is InChI=1S/C18H14F2N4O4/c1-11-2-4-14(5-3-11)28-15-9-12(8-13(10-15)24(26)27)21-17(25)16-6-7-23(22-16)18(19)20/h2-10,18H,1H3,(H,21,25). The minimum absolute atomic E-state index is 0.0629. The Hall–Kier alpha value is -3.82. The van der Waals surface area contributed by atoms with Crippen LogP contribution in [0.4, 0.5) is 20.2 Å². The minimum atomic E-state index is -2.88. The first-order valence-electron chi connectivity index (χ1n) is 8.00. The predicted octanol–water partition coefficient (Wildman–Crippen LogP) is 4.54. The lowest BCUT2D eigenvalue weighted by Crippen LogP contribution is -2.13. The number of aromatic nitrogens is 2. The fourth-order valence-electron chi connectivity index (χ4n) is 2.33. The smallest absolute Gasteiger partial charge is 0.333 e. The second kappa shape index (κ2) is 7.82. The number of carbonyl (C=O) groups excluding carboxylic acids is 1. The van der Waals surface area contributed by atoms with Crippen LogP contribution in [0.25, 0.3) is 0 Å². The molecule has 0 aliphatic heterocycles. The van der Waals surface area contributed by atoms with Crippen LogP contribution in [0.15, 0.2) is 54.7 Å². The van der Waals surface area contributed by atoms with E-state index >= 15 is 0 Å². The number of hydrogen-bond acceptors (Lipinski definition) is 5. The molecule has 28 heavy (non-hydrogen) atoms. The Bertz CT molecular complexity index is 1020. The third kappa shape index (κ3) is 4.47. The van der Waals surface area contributed by atoms with Gasteiger partial charge in [0.2, 0.25) is 0 Å². The molecule has 2 aromatic carbocycles. The molecular weight excluding hydrogens is 374 g/mol. The van der Waals surface area contributed by atoms with E-state index in [1.54, 1.807) is 12.1 Å². The van der Waals surface area contributed by atoms with Gasteiger partial charge < -0.3 is 10.1 Å². The number of halogens is 2. The number of ether oxygens (including phenoxy) is 1. The van der Waals surface area contributed by atoms with Gasteiger partial charge in [-0.1, -0.05) is 17.7 Å². The SMILES string of the molecule is Cc1ccc(Oc2cc(NC(=O)c3ccn(C(F)F)n3)cc([N+](=O)[O-])c2)cc1. The van der Waals surface area contributed by atoms with Crippen molar-refractivity contribution in [2.24, 2.45) is 0 Å². The first-order valence-corrected chi connectivity index (χ1v) is 8.00. The second-order valence-corrected chi connectivity index (χ2v) is 5.80. The number of amides is 1. The van der Waals surface area contributed by atoms with Crippen molar-refractivity contribution in [3.63, 3.8) is 0 Å². The molecule has 0 bridgehead atoms. The molecule has 3 rings (SSSR count). The second-order valence-electron chi connectivity index (χ2n) is 5.80. The molecule has 0 unspecified atom stereocenters. The number of hydrogen-bond donors (Lipinski definition) is 1. The molecule has 0 radical (unpaired) electrons. The molecule has 8 nitrogen and oxygen atoms in total. The van der Waals surface area contributed by atoms with Gasteiger partial charge in [0.25, 0.3) is 11.6 Å². The van der Waals surface area contributed by atoms with E-state index in [4.69, 9.17) is 4.74 Å². The third-order valence-electron chi connectivity index (χ3n) is 3.66. The van der Waals surface area contributed by atoms with Gasteiger partial charge in [-0.15, -0.1) is 0 Å². The van der Waals surface area contributed by atoms with E-state index in [2.05, 4.69) is 10.4 Å². The van der Waals surface area contributed by atoms with E-state index in [9.17, 15) is 23.7 Å². The summed E-state index contributed by atoms with van der Waals surface area (Å²) in [6.07, 6.45) is 0.957. The van der Waals surface area contributed by atoms with Gasteiger partial charge in [0.1, 0.15) is 11.5 Å². The van der Waals surface area contributed by atoms with Gasteiger partial charge in [0.05, 0.1) is 16.7 Å². The number of nitro benzene ring substituents is 1. The van der Waals surface area contributed by atoms with Gasteiger partial charge in [0, 0.05) is 18.3 Å². The van der Waals surface area contributed by atoms with Crippen molar-refractivity contribution in [2.45, 2.75) is 13.5 Å². The summed E-state index contributed by atoms with van der Waals surface area (Å²) in [5.41, 5.74) is 0.515. The zero-order valence-electron chi connectivity index (χ0n) is 14.5. The van der Waals surface area contributed by atoms with E-state index in [0.717, 1.165) is 23.9 Å². The molecule has 3 aromatic rings. The average Bonchev–Trinajstić information content (AvgIpc) is 3.14. The van der Waals surface area contributed by atoms with E-state index in [0.29, 0.717) is 10.4 Å². The van der Waals surface area contributed by atoms with Crippen LogP contribution in [0.2, 0.25) is 0 Å². The van der Waals surface area contributed by atoms with Crippen LogP contribution in [-0.2, 0) is 0 Å². The Kier molecular flexibility index (Phi) is 5.30. The minimum Gasteiger partial charge on any atom is -0.457 e. The van der Waals surface area contributed by atoms with Gasteiger partial charge in [-0.25, -0.2) is 4.68 Å². The average molecular weight is 388 g/mol. The normalized spacial score (nSPS) is 10.7. The van der Waals surface area contributed by atoms with Crippen molar-refractivity contribution >= 4 is 17.3 Å². The highest BCUT2D eigenvalue weighted by Crippen LogP contribution is 2.30. The molecule has 10 heteroatoms. The van der Waals surface area contributed by atoms with Crippen LogP contribution < -0.4 is 10.1 Å². The zero-order valence-corrected chi connectivity index (χ0v) is 14.5. The molecule has 144 valence electrons. The number of aryl methyl sites for hydroxylation is 1. The highest BCUT2D eigenvalue weighted by Gasteiger charge is 2.17. The topological polar surface area (TPSA) is 99.3 Å². The molecule has 0 saturated carbocycles. The van der Waals surface area contributed by atoms with Gasteiger partial charge in [-0.3, -0.25) is 14.9 Å². The summed E-state index contributed by atoms with van der Waals surface area (Å²) >= 11 is 0. The Morgan fingerprint density at radius 2 is 1.89 bits per heavy atom. The maximum atomic E-state index is 12.6. The summed E-state index contributed by atoms with van der Waals surface area (Å²) < 4.78 is 31.1. The Morgan fingerprint density at radius 3 is 2.50 bits per heavy atom. The summed E-state index contributed by atoms with van der Waals surface area (Å²) in [6, 6.07) is 11.9. The lowest BCUT2D eigenvalue weighted by Gasteiger charge is -2.09. The van der Waals surface area contributed by atoms with Crippen molar-refractivity contribution < 1.29 is 23.2 Å². The first-order chi connectivity index (χ1) is 13.3. The van der Waals surface area contributed by atoms with Crippen LogP contribution in [0, 0.1) is 17.0 Å². The summed E-state index contributed by atoms with van der Waals surface area (Å²) in [6.45, 7) is -0.978. The zero-order chi connectivity index (χ0) is 20.3. The molecule has 0 spiro atoms. The molecule has 0 fully saturated rings. The molecule has 0 aliphatic carbocycles. The monoisotopic (exact) mass is 388 g/mol. The van der Waals surface area contributed by atoms with Crippen LogP contribution in [-0.4, -0.2) is 20.6 Å². The summed E-state index contributed by atoms with van der Waals surface area (Å²) in [5.74, 6) is -0.202. The molecule has 0 atom stereocenters. The van der Waals surface area contributed by atoms with Crippen molar-refractivity contribution in [1.29, 1.82) is 0 Å². The number of anilines is 1. The molecule has 1 aromatic heterocycles. The maximum Gasteiger partial charge on any atom is 0.333 e. The Morgan fingerprint density at radius 1 is 1.18 bits per heavy atom. The van der Waals surface area contributed by atoms with Crippen LogP contribution in [0.5, 0.6) is 11.5 Å². The van der Waals surface area contributed by atoms with Crippen LogP contribution in [0.3, 0.4) is 0 Å². The molecule has 0 aliphatic rings. The number of non-ortho nitro benzene ring substituents is 1. The number of alkyl halides is 2. The van der Waals surface area contributed by atoms with Gasteiger partial charge in [0.15, 0.2) is 5.69 Å². The summed E-state index contributed by atoms with van der Waals surface area (Å²) in [5, 5.41) is 17.0. The third-order valence-corrected chi connectivity index (χ3v) is 3.66. The molecule has 1 heterocycles. The largest absolute Gasteiger partial charge is 0.457 e. The molecular formula is C18H14F2N4O4. The number of carbonyl (C=O) groups is 1. The van der Waals surface area contributed by atoms with Crippen molar-refractivity contribution in [3.8, 4) is 11.5 Å². The summed E-state index contributed by atoms with van der Waals surface area (Å²) in [4.78, 5) is 22.7. The van der Waals surface area contributed by atoms with Gasteiger partial charge >= 0.3 is 6.55 Å². The summed E-state index contributed by atoms with van der Waals surface area (Å²) in [7, 11) is 0. The maximum absolute atomic E-state index is 12.6. The van der Waals surface area contributed by atoms with Crippen molar-refractivity contribution in [3.05, 3.63) is 76.1 Å². The molecule has 1 amide bonds. The predicted molar refractivity (Wildman–Crippen MR) is 95.8 cm³/mol. The highest BCUT2D eigenvalue weighted by atomic mass is 19.3. The highest BCUT2D eigenvalue weighted by molar-refractivity contribution is 6.03. The Balaban J connectivity index is 1.84. The molecule has 1 N–H and O–H groups in total. The van der Waals surface area contributed by atoms with E-state index in [1.165, 1.54) is 12.1 Å². The van der Waals surface area contributed by atoms with Gasteiger partial charge in [-0.05, 0) is 25.1 Å². The number of benzene rings is 2. The number of nitrogens with zero attached hydrogens (tertiary/aromatic N) is 3. The Labute approximate surface area is 157 Å². The number of nitro groups is 1. The van der Waals surface area contributed by atoms with Crippen molar-refractivity contribution in [2.75, 3.05) is 5.32 Å². The fourth-order valence-corrected chi connectivity index (χ4v) is 2.33. The quantitative estimate of drug-likeness (QED) is 0.494. The van der Waals surface area contributed by atoms with E-state index in [1.807, 2.05) is 19.1 Å². The fraction of sp³-hybridized carbons (Fsp3) is 0.111. The number of rotatable bonds is 6. The number of nitrogens with one attached hydrogen (secondary N) is 1. The van der Waals surface area contributed by atoms with Crippen LogP contribution >= 0.6 is 0 Å². The van der Waals surface area contributed by atoms with Crippen LogP contribution in [0.1, 0.15) is 22.6 Å². The van der Waals surface area contributed by atoms with E-state index < -0.39 is 17.4 Å².